The lowest BCUT2D eigenvalue weighted by Gasteiger charge is -2.30. The van der Waals surface area contributed by atoms with Gasteiger partial charge < -0.3 is 9.84 Å². The van der Waals surface area contributed by atoms with E-state index in [4.69, 9.17) is 27.9 Å². The van der Waals surface area contributed by atoms with E-state index in [1.807, 2.05) is 37.3 Å². The Morgan fingerprint density at radius 3 is 2.75 bits per heavy atom. The molecule has 1 unspecified atom stereocenters. The highest BCUT2D eigenvalue weighted by molar-refractivity contribution is 6.42. The number of benzene rings is 2. The average molecular weight is 309 g/mol. The van der Waals surface area contributed by atoms with Crippen molar-refractivity contribution < 1.29 is 9.84 Å². The molecule has 0 saturated carbocycles. The molecule has 1 N–H and O–H groups in total. The smallest absolute Gasteiger partial charge is 0.128 e. The minimum Gasteiger partial charge on any atom is -0.485 e. The summed E-state index contributed by atoms with van der Waals surface area (Å²) >= 11 is 12.3. The molecule has 1 aliphatic heterocycles. The largest absolute Gasteiger partial charge is 0.485 e. The van der Waals surface area contributed by atoms with Crippen molar-refractivity contribution >= 4 is 23.2 Å². The molecular weight excluding hydrogens is 295 g/mol. The molecule has 0 aromatic heterocycles. The molecular formula is C16H14Cl2O2. The van der Waals surface area contributed by atoms with Gasteiger partial charge in [0.15, 0.2) is 0 Å². The molecule has 104 valence electrons. The lowest BCUT2D eigenvalue weighted by atomic mass is 9.94. The van der Waals surface area contributed by atoms with E-state index in [0.717, 1.165) is 16.7 Å². The van der Waals surface area contributed by atoms with Gasteiger partial charge in [0.2, 0.25) is 0 Å². The van der Waals surface area contributed by atoms with Gasteiger partial charge in [-0.15, -0.1) is 0 Å². The van der Waals surface area contributed by atoms with Crippen LogP contribution >= 0.6 is 23.2 Å². The van der Waals surface area contributed by atoms with Crippen molar-refractivity contribution in [2.45, 2.75) is 25.6 Å². The number of fused-ring (bicyclic) bond motifs is 1. The number of rotatable bonds is 1. The first-order valence-corrected chi connectivity index (χ1v) is 7.21. The van der Waals surface area contributed by atoms with E-state index in [9.17, 15) is 5.11 Å². The van der Waals surface area contributed by atoms with Crippen LogP contribution in [0.5, 0.6) is 5.75 Å². The second-order valence-electron chi connectivity index (χ2n) is 5.04. The molecule has 4 heteroatoms. The normalized spacial score (nSPS) is 21.2. The summed E-state index contributed by atoms with van der Waals surface area (Å²) in [6, 6.07) is 11.3. The molecule has 0 saturated heterocycles. The maximum atomic E-state index is 10.3. The average Bonchev–Trinajstić information content (AvgIpc) is 2.42. The highest BCUT2D eigenvalue weighted by Crippen LogP contribution is 2.43. The number of hydrogen-bond donors (Lipinski definition) is 1. The molecule has 0 fully saturated rings. The van der Waals surface area contributed by atoms with Crippen LogP contribution in [0.4, 0.5) is 0 Å². The Hall–Kier alpha value is -1.22. The van der Waals surface area contributed by atoms with Crippen LogP contribution in [0.2, 0.25) is 10.0 Å². The second-order valence-corrected chi connectivity index (χ2v) is 5.83. The van der Waals surface area contributed by atoms with Gasteiger partial charge in [0.05, 0.1) is 16.1 Å². The highest BCUT2D eigenvalue weighted by atomic mass is 35.5. The summed E-state index contributed by atoms with van der Waals surface area (Å²) < 4.78 is 5.98. The van der Waals surface area contributed by atoms with E-state index in [-0.39, 0.29) is 6.10 Å². The molecule has 1 aliphatic rings. The van der Waals surface area contributed by atoms with Gasteiger partial charge in [0.1, 0.15) is 11.9 Å². The predicted octanol–water partition coefficient (Wildman–Crippen LogP) is 4.86. The summed E-state index contributed by atoms with van der Waals surface area (Å²) in [5.41, 5.74) is 2.74. The van der Waals surface area contributed by atoms with Gasteiger partial charge in [-0.3, -0.25) is 0 Å². The quantitative estimate of drug-likeness (QED) is 0.815. The molecule has 0 aliphatic carbocycles. The zero-order valence-electron chi connectivity index (χ0n) is 10.9. The molecule has 2 aromatic rings. The molecule has 0 spiro atoms. The van der Waals surface area contributed by atoms with Crippen molar-refractivity contribution in [1.82, 2.24) is 0 Å². The van der Waals surface area contributed by atoms with Crippen LogP contribution in [0.3, 0.4) is 0 Å². The Morgan fingerprint density at radius 1 is 1.15 bits per heavy atom. The maximum absolute atomic E-state index is 10.3. The molecule has 0 radical (unpaired) electrons. The summed E-state index contributed by atoms with van der Waals surface area (Å²) in [7, 11) is 0. The minimum absolute atomic E-state index is 0.286. The van der Waals surface area contributed by atoms with Crippen LogP contribution in [0.15, 0.2) is 36.4 Å². The standard InChI is InChI=1S/C16H14Cl2O2/c1-9-5-6-14-11(7-9)13(19)8-15(20-14)10-3-2-4-12(17)16(10)18/h2-7,13,15,19H,8H2,1H3/t13-,15?/m1/s1. The fourth-order valence-electron chi connectivity index (χ4n) is 2.53. The molecule has 0 bridgehead atoms. The van der Waals surface area contributed by atoms with Crippen LogP contribution in [-0.4, -0.2) is 5.11 Å². The van der Waals surface area contributed by atoms with E-state index in [2.05, 4.69) is 0 Å². The number of halogens is 2. The van der Waals surface area contributed by atoms with Gasteiger partial charge in [0.25, 0.3) is 0 Å². The summed E-state index contributed by atoms with van der Waals surface area (Å²) in [6.07, 6.45) is -0.374. The summed E-state index contributed by atoms with van der Waals surface area (Å²) in [6.45, 7) is 1.99. The van der Waals surface area contributed by atoms with Gasteiger partial charge in [-0.25, -0.2) is 0 Å². The highest BCUT2D eigenvalue weighted by Gasteiger charge is 2.29. The van der Waals surface area contributed by atoms with Crippen molar-refractivity contribution in [2.75, 3.05) is 0 Å². The molecule has 2 nitrogen and oxygen atoms in total. The van der Waals surface area contributed by atoms with Crippen molar-refractivity contribution in [1.29, 1.82) is 0 Å². The Morgan fingerprint density at radius 2 is 1.95 bits per heavy atom. The second kappa shape index (κ2) is 5.28. The SMILES string of the molecule is Cc1ccc2c(c1)[C@H](O)CC(c1cccc(Cl)c1Cl)O2. The van der Waals surface area contributed by atoms with Crippen LogP contribution in [0.1, 0.15) is 35.3 Å². The summed E-state index contributed by atoms with van der Waals surface area (Å²) in [5.74, 6) is 0.704. The van der Waals surface area contributed by atoms with Crippen molar-refractivity contribution in [3.63, 3.8) is 0 Å². The van der Waals surface area contributed by atoms with E-state index in [1.165, 1.54) is 0 Å². The van der Waals surface area contributed by atoms with Crippen LogP contribution < -0.4 is 4.74 Å². The third kappa shape index (κ3) is 2.39. The first kappa shape index (κ1) is 13.7. The molecule has 1 heterocycles. The van der Waals surface area contributed by atoms with Crippen molar-refractivity contribution in [3.05, 3.63) is 63.1 Å². The van der Waals surface area contributed by atoms with E-state index < -0.39 is 6.10 Å². The third-order valence-corrected chi connectivity index (χ3v) is 4.39. The van der Waals surface area contributed by atoms with Gasteiger partial charge in [-0.2, -0.15) is 0 Å². The molecule has 2 aromatic carbocycles. The number of aliphatic hydroxyl groups is 1. The maximum Gasteiger partial charge on any atom is 0.128 e. The minimum atomic E-state index is -0.557. The first-order valence-electron chi connectivity index (χ1n) is 6.45. The Balaban J connectivity index is 1.99. The molecule has 3 rings (SSSR count). The van der Waals surface area contributed by atoms with Crippen molar-refractivity contribution in [3.8, 4) is 5.75 Å². The summed E-state index contributed by atoms with van der Waals surface area (Å²) in [4.78, 5) is 0. The number of hydrogen-bond acceptors (Lipinski definition) is 2. The van der Waals surface area contributed by atoms with Crippen LogP contribution in [-0.2, 0) is 0 Å². The third-order valence-electron chi connectivity index (χ3n) is 3.56. The number of aryl methyl sites for hydroxylation is 1. The zero-order valence-corrected chi connectivity index (χ0v) is 12.4. The number of aliphatic hydroxyl groups excluding tert-OH is 1. The van der Waals surface area contributed by atoms with Crippen LogP contribution in [0, 0.1) is 6.92 Å². The molecule has 0 amide bonds. The number of ether oxygens (including phenoxy) is 1. The van der Waals surface area contributed by atoms with Gasteiger partial charge in [-0.05, 0) is 25.1 Å². The zero-order chi connectivity index (χ0) is 14.3. The Labute approximate surface area is 127 Å². The monoisotopic (exact) mass is 308 g/mol. The lowest BCUT2D eigenvalue weighted by Crippen LogP contribution is -2.19. The predicted molar refractivity (Wildman–Crippen MR) is 80.6 cm³/mol. The van der Waals surface area contributed by atoms with E-state index in [1.54, 1.807) is 6.07 Å². The molecule has 20 heavy (non-hydrogen) atoms. The van der Waals surface area contributed by atoms with Gasteiger partial charge >= 0.3 is 0 Å². The fraction of sp³-hybridized carbons (Fsp3) is 0.250. The van der Waals surface area contributed by atoms with Crippen molar-refractivity contribution in [2.24, 2.45) is 0 Å². The first-order chi connectivity index (χ1) is 9.56. The fourth-order valence-corrected chi connectivity index (χ4v) is 2.96. The van der Waals surface area contributed by atoms with Gasteiger partial charge in [0, 0.05) is 17.5 Å². The Bertz CT molecular complexity index is 655. The summed E-state index contributed by atoms with van der Waals surface area (Å²) in [5, 5.41) is 11.3. The van der Waals surface area contributed by atoms with Crippen LogP contribution in [0.25, 0.3) is 0 Å². The molecule has 2 atom stereocenters. The topological polar surface area (TPSA) is 29.5 Å². The van der Waals surface area contributed by atoms with Gasteiger partial charge in [-0.1, -0.05) is 47.0 Å². The van der Waals surface area contributed by atoms with E-state index in [0.29, 0.717) is 22.2 Å². The Kier molecular flexibility index (Phi) is 3.63. The van der Waals surface area contributed by atoms with E-state index >= 15 is 0 Å². The lowest BCUT2D eigenvalue weighted by molar-refractivity contribution is 0.0657.